The number of nitrogens with zero attached hydrogens (tertiary/aromatic N) is 3. The number of hydrogen-bond acceptors (Lipinski definition) is 7. The van der Waals surface area contributed by atoms with E-state index in [-0.39, 0.29) is 0 Å². The zero-order valence-electron chi connectivity index (χ0n) is 17.9. The summed E-state index contributed by atoms with van der Waals surface area (Å²) in [4.78, 5) is 11.5. The van der Waals surface area contributed by atoms with E-state index in [0.29, 0.717) is 25.8 Å². The highest BCUT2D eigenvalue weighted by Crippen LogP contribution is 2.28. The molecule has 0 saturated carbocycles. The van der Waals surface area contributed by atoms with Gasteiger partial charge in [-0.05, 0) is 42.5 Å². The molecule has 1 aromatic heterocycles. The van der Waals surface area contributed by atoms with Crippen molar-refractivity contribution < 1.29 is 14.2 Å². The molecule has 7 heteroatoms. The number of anilines is 3. The van der Waals surface area contributed by atoms with Gasteiger partial charge >= 0.3 is 0 Å². The van der Waals surface area contributed by atoms with Crippen molar-refractivity contribution in [2.45, 2.75) is 6.61 Å². The lowest BCUT2D eigenvalue weighted by molar-refractivity contribution is 0.121. The molecule has 1 N–H and O–H groups in total. The van der Waals surface area contributed by atoms with E-state index in [2.05, 4.69) is 33.4 Å². The van der Waals surface area contributed by atoms with Crippen LogP contribution in [-0.2, 0) is 16.1 Å². The van der Waals surface area contributed by atoms with Gasteiger partial charge in [-0.2, -0.15) is 0 Å². The van der Waals surface area contributed by atoms with E-state index in [1.54, 1.807) is 6.20 Å². The van der Waals surface area contributed by atoms with Gasteiger partial charge < -0.3 is 24.4 Å². The maximum absolute atomic E-state index is 5.96. The highest BCUT2D eigenvalue weighted by atomic mass is 16.5. The summed E-state index contributed by atoms with van der Waals surface area (Å²) in [5.74, 6) is 1.35. The van der Waals surface area contributed by atoms with Crippen LogP contribution in [0.5, 0.6) is 5.75 Å². The monoisotopic (exact) mass is 430 g/mol. The molecule has 0 unspecified atom stereocenters. The van der Waals surface area contributed by atoms with E-state index in [4.69, 9.17) is 19.2 Å². The molecule has 3 heterocycles. The van der Waals surface area contributed by atoms with Crippen molar-refractivity contribution in [3.8, 4) is 17.0 Å². The Bertz CT molecular complexity index is 1100. The number of nitrogens with one attached hydrogen (secondary N) is 1. The van der Waals surface area contributed by atoms with Gasteiger partial charge in [0.05, 0.1) is 32.1 Å². The largest absolute Gasteiger partial charge is 0.490 e. The molecule has 0 aliphatic carbocycles. The van der Waals surface area contributed by atoms with Crippen LogP contribution in [0.3, 0.4) is 0 Å². The molecule has 0 amide bonds. The first-order valence-corrected chi connectivity index (χ1v) is 10.9. The van der Waals surface area contributed by atoms with Crippen LogP contribution in [0.15, 0.2) is 66.9 Å². The minimum Gasteiger partial charge on any atom is -0.490 e. The van der Waals surface area contributed by atoms with Gasteiger partial charge in [0, 0.05) is 41.8 Å². The Hall–Kier alpha value is -3.42. The van der Waals surface area contributed by atoms with E-state index < -0.39 is 0 Å². The number of aromatic nitrogens is 2. The van der Waals surface area contributed by atoms with Crippen LogP contribution in [0.25, 0.3) is 11.3 Å². The molecule has 0 spiro atoms. The molecule has 1 saturated heterocycles. The predicted octanol–water partition coefficient (Wildman–Crippen LogP) is 4.19. The number of fused-ring (bicyclic) bond motifs is 7. The molecule has 0 atom stereocenters. The first kappa shape index (κ1) is 20.5. The summed E-state index contributed by atoms with van der Waals surface area (Å²) < 4.78 is 17.3. The minimum absolute atomic E-state index is 0.484. The van der Waals surface area contributed by atoms with Crippen LogP contribution in [0, 0.1) is 0 Å². The van der Waals surface area contributed by atoms with E-state index in [0.717, 1.165) is 54.6 Å². The van der Waals surface area contributed by atoms with Gasteiger partial charge in [-0.15, -0.1) is 0 Å². The molecule has 2 aliphatic heterocycles. The number of ether oxygens (including phenoxy) is 3. The van der Waals surface area contributed by atoms with Crippen molar-refractivity contribution in [3.63, 3.8) is 0 Å². The minimum atomic E-state index is 0.484. The highest BCUT2D eigenvalue weighted by molar-refractivity contribution is 5.66. The van der Waals surface area contributed by atoms with Crippen molar-refractivity contribution in [2.24, 2.45) is 0 Å². The fraction of sp³-hybridized carbons (Fsp3) is 0.280. The van der Waals surface area contributed by atoms with Gasteiger partial charge in [0.15, 0.2) is 0 Å². The van der Waals surface area contributed by atoms with Crippen molar-refractivity contribution >= 4 is 17.3 Å². The van der Waals surface area contributed by atoms with Crippen molar-refractivity contribution in [1.82, 2.24) is 9.97 Å². The summed E-state index contributed by atoms with van der Waals surface area (Å²) in [6.07, 6.45) is 5.74. The number of hydrogen-bond donors (Lipinski definition) is 1. The summed E-state index contributed by atoms with van der Waals surface area (Å²) in [7, 11) is 0. The van der Waals surface area contributed by atoms with Gasteiger partial charge in [0.1, 0.15) is 12.4 Å². The lowest BCUT2D eigenvalue weighted by Crippen LogP contribution is -2.36. The Morgan fingerprint density at radius 3 is 2.75 bits per heavy atom. The zero-order valence-corrected chi connectivity index (χ0v) is 17.9. The molecule has 2 aliphatic rings. The number of morpholine rings is 1. The quantitative estimate of drug-likeness (QED) is 0.581. The Labute approximate surface area is 187 Å². The van der Waals surface area contributed by atoms with Crippen molar-refractivity contribution in [3.05, 3.63) is 72.4 Å². The number of benzene rings is 2. The van der Waals surface area contributed by atoms with Gasteiger partial charge in [-0.25, -0.2) is 9.97 Å². The smallest absolute Gasteiger partial charge is 0.227 e. The van der Waals surface area contributed by atoms with Gasteiger partial charge in [0.25, 0.3) is 0 Å². The summed E-state index contributed by atoms with van der Waals surface area (Å²) in [6.45, 7) is 4.75. The number of rotatable bonds is 1. The molecule has 7 nitrogen and oxygen atoms in total. The Balaban J connectivity index is 1.48. The Morgan fingerprint density at radius 2 is 1.81 bits per heavy atom. The van der Waals surface area contributed by atoms with Crippen LogP contribution in [0.2, 0.25) is 0 Å². The third-order valence-electron chi connectivity index (χ3n) is 5.46. The molecular weight excluding hydrogens is 404 g/mol. The average molecular weight is 431 g/mol. The van der Waals surface area contributed by atoms with Crippen molar-refractivity contribution in [2.75, 3.05) is 49.7 Å². The van der Waals surface area contributed by atoms with Crippen molar-refractivity contribution in [1.29, 1.82) is 0 Å². The van der Waals surface area contributed by atoms with Crippen LogP contribution < -0.4 is 15.0 Å². The van der Waals surface area contributed by atoms with Crippen LogP contribution in [0.1, 0.15) is 5.56 Å². The maximum atomic E-state index is 5.96. The molecule has 1 fully saturated rings. The molecule has 6 bridgehead atoms. The zero-order chi connectivity index (χ0) is 21.6. The summed E-state index contributed by atoms with van der Waals surface area (Å²) >= 11 is 0. The summed E-state index contributed by atoms with van der Waals surface area (Å²) in [6, 6.07) is 16.1. The van der Waals surface area contributed by atoms with E-state index >= 15 is 0 Å². The highest BCUT2D eigenvalue weighted by Gasteiger charge is 2.16. The second-order valence-electron chi connectivity index (χ2n) is 7.66. The van der Waals surface area contributed by atoms with Gasteiger partial charge in [-0.1, -0.05) is 18.2 Å². The van der Waals surface area contributed by atoms with E-state index in [9.17, 15) is 0 Å². The SMILES string of the molecule is C1=CCOc2cccc(c2)-c2ccnc(n2)Nc2ccc(N3CCOCC3)c(c2)COC1. The maximum Gasteiger partial charge on any atom is 0.227 e. The van der Waals surface area contributed by atoms with Crippen LogP contribution in [0.4, 0.5) is 17.3 Å². The average Bonchev–Trinajstić information content (AvgIpc) is 2.84. The predicted molar refractivity (Wildman–Crippen MR) is 125 cm³/mol. The molecule has 164 valence electrons. The van der Waals surface area contributed by atoms with Gasteiger partial charge in [0.2, 0.25) is 5.95 Å². The topological polar surface area (TPSA) is 68.7 Å². The van der Waals surface area contributed by atoms with Gasteiger partial charge in [-0.3, -0.25) is 0 Å². The normalized spacial score (nSPS) is 16.6. The lowest BCUT2D eigenvalue weighted by atomic mass is 10.1. The van der Waals surface area contributed by atoms with E-state index in [1.165, 1.54) is 5.69 Å². The first-order valence-electron chi connectivity index (χ1n) is 10.9. The fourth-order valence-corrected chi connectivity index (χ4v) is 3.86. The Morgan fingerprint density at radius 1 is 0.906 bits per heavy atom. The summed E-state index contributed by atoms with van der Waals surface area (Å²) in [5, 5.41) is 3.35. The van der Waals surface area contributed by atoms with E-state index in [1.807, 2.05) is 42.5 Å². The molecular formula is C25H26N4O3. The Kier molecular flexibility index (Phi) is 6.28. The third kappa shape index (κ3) is 4.90. The first-order chi connectivity index (χ1) is 15.8. The molecule has 5 rings (SSSR count). The molecule has 0 radical (unpaired) electrons. The van der Waals surface area contributed by atoms with Crippen LogP contribution in [-0.4, -0.2) is 49.5 Å². The fourth-order valence-electron chi connectivity index (χ4n) is 3.86. The summed E-state index contributed by atoms with van der Waals surface area (Å²) in [5.41, 5.74) is 5.03. The second-order valence-corrected chi connectivity index (χ2v) is 7.66. The lowest BCUT2D eigenvalue weighted by Gasteiger charge is -2.31. The molecule has 2 aromatic carbocycles. The molecule has 3 aromatic rings. The van der Waals surface area contributed by atoms with Crippen LogP contribution >= 0.6 is 0 Å². The standard InChI is InChI=1S/C25H26N4O3/c1-2-13-32-22-5-3-4-19(17-22)23-8-9-26-25(28-23)27-21-6-7-24(20(16-21)18-31-12-1)29-10-14-30-15-11-29/h1-9,16-17H,10-15,18H2,(H,26,27,28). The molecule has 32 heavy (non-hydrogen) atoms. The second kappa shape index (κ2) is 9.80. The third-order valence-corrected chi connectivity index (χ3v) is 5.46.